The summed E-state index contributed by atoms with van der Waals surface area (Å²) in [6.45, 7) is 2.40. The van der Waals surface area contributed by atoms with E-state index in [1.54, 1.807) is 19.2 Å². The zero-order chi connectivity index (χ0) is 18.9. The van der Waals surface area contributed by atoms with Crippen molar-refractivity contribution < 1.29 is 13.9 Å². The van der Waals surface area contributed by atoms with Gasteiger partial charge in [-0.05, 0) is 43.3 Å². The Morgan fingerprint density at radius 1 is 1.27 bits per heavy atom. The van der Waals surface area contributed by atoms with Crippen molar-refractivity contribution >= 4 is 41.0 Å². The van der Waals surface area contributed by atoms with E-state index in [1.807, 2.05) is 31.2 Å². The topological polar surface area (TPSA) is 38.3 Å². The fourth-order valence-corrected chi connectivity index (χ4v) is 4.24. The Kier molecular flexibility index (Phi) is 8.62. The first-order valence-electron chi connectivity index (χ1n) is 8.10. The molecule has 1 N–H and O–H groups in total. The maximum absolute atomic E-state index is 13.7. The summed E-state index contributed by atoms with van der Waals surface area (Å²) in [4.78, 5) is 13.2. The fraction of sp³-hybridized carbons (Fsp3) is 0.316. The van der Waals surface area contributed by atoms with Crippen molar-refractivity contribution in [1.82, 2.24) is 5.32 Å². The summed E-state index contributed by atoms with van der Waals surface area (Å²) >= 11 is 9.03. The Morgan fingerprint density at radius 2 is 2.00 bits per heavy atom. The zero-order valence-corrected chi connectivity index (χ0v) is 17.0. The van der Waals surface area contributed by atoms with Gasteiger partial charge in [0.05, 0.1) is 12.4 Å². The lowest BCUT2D eigenvalue weighted by molar-refractivity contribution is -0.120. The van der Waals surface area contributed by atoms with E-state index < -0.39 is 0 Å². The summed E-state index contributed by atoms with van der Waals surface area (Å²) < 4.78 is 18.8. The molecular formula is C19H21ClFNO2S2. The van der Waals surface area contributed by atoms with Gasteiger partial charge in [0, 0.05) is 33.5 Å². The minimum atomic E-state index is -0.293. The highest BCUT2D eigenvalue weighted by atomic mass is 35.5. The average molecular weight is 414 g/mol. The summed E-state index contributed by atoms with van der Waals surface area (Å²) in [6, 6.07) is 12.3. The Bertz CT molecular complexity index is 708. The first-order chi connectivity index (χ1) is 12.5. The number of hydrogen-bond donors (Lipinski definition) is 1. The predicted octanol–water partition coefficient (Wildman–Crippen LogP) is 5.02. The van der Waals surface area contributed by atoms with Gasteiger partial charge in [-0.3, -0.25) is 4.79 Å². The van der Waals surface area contributed by atoms with E-state index in [2.05, 4.69) is 5.32 Å². The first-order valence-corrected chi connectivity index (χ1v) is 10.5. The van der Waals surface area contributed by atoms with Crippen molar-refractivity contribution in [2.24, 2.45) is 0 Å². The molecule has 0 aromatic heterocycles. The number of benzene rings is 2. The molecule has 0 aliphatic carbocycles. The number of hydrogen-bond acceptors (Lipinski definition) is 4. The van der Waals surface area contributed by atoms with E-state index in [4.69, 9.17) is 16.3 Å². The molecule has 2 aromatic carbocycles. The van der Waals surface area contributed by atoms with Crippen molar-refractivity contribution in [3.8, 4) is 5.75 Å². The molecule has 0 aliphatic rings. The second-order valence-electron chi connectivity index (χ2n) is 5.48. The van der Waals surface area contributed by atoms with E-state index in [-0.39, 0.29) is 17.0 Å². The van der Waals surface area contributed by atoms with Gasteiger partial charge in [-0.1, -0.05) is 17.7 Å². The van der Waals surface area contributed by atoms with Crippen molar-refractivity contribution in [2.75, 3.05) is 19.4 Å². The van der Waals surface area contributed by atoms with Crippen LogP contribution in [0.15, 0.2) is 47.4 Å². The van der Waals surface area contributed by atoms with Gasteiger partial charge >= 0.3 is 0 Å². The highest BCUT2D eigenvalue weighted by Gasteiger charge is 2.14. The zero-order valence-electron chi connectivity index (χ0n) is 14.6. The Morgan fingerprint density at radius 3 is 2.65 bits per heavy atom. The minimum absolute atomic E-state index is 0.0182. The van der Waals surface area contributed by atoms with E-state index in [0.717, 1.165) is 10.6 Å². The number of carbonyl (C=O) groups is 1. The van der Waals surface area contributed by atoms with Crippen LogP contribution in [0, 0.1) is 5.82 Å². The molecule has 0 heterocycles. The van der Waals surface area contributed by atoms with Crippen LogP contribution in [0.25, 0.3) is 0 Å². The monoisotopic (exact) mass is 413 g/mol. The average Bonchev–Trinajstić information content (AvgIpc) is 2.64. The van der Waals surface area contributed by atoms with E-state index >= 15 is 0 Å². The van der Waals surface area contributed by atoms with Crippen LogP contribution in [0.3, 0.4) is 0 Å². The quantitative estimate of drug-likeness (QED) is 0.462. The number of methoxy groups -OCH3 is 1. The number of rotatable bonds is 9. The second kappa shape index (κ2) is 10.7. The Balaban J connectivity index is 1.69. The lowest BCUT2D eigenvalue weighted by atomic mass is 10.2. The molecule has 0 saturated carbocycles. The summed E-state index contributed by atoms with van der Waals surface area (Å²) in [5, 5.41) is 3.15. The van der Waals surface area contributed by atoms with Crippen LogP contribution >= 0.6 is 35.1 Å². The fourth-order valence-electron chi connectivity index (χ4n) is 2.15. The third-order valence-electron chi connectivity index (χ3n) is 3.60. The number of ether oxygens (including phenoxy) is 1. The van der Waals surface area contributed by atoms with E-state index in [9.17, 15) is 9.18 Å². The molecule has 2 aromatic rings. The summed E-state index contributed by atoms with van der Waals surface area (Å²) in [5.41, 5.74) is 0.508. The molecule has 0 unspecified atom stereocenters. The van der Waals surface area contributed by atoms with Gasteiger partial charge in [-0.25, -0.2) is 4.39 Å². The molecule has 0 saturated heterocycles. The lowest BCUT2D eigenvalue weighted by Crippen LogP contribution is -2.32. The van der Waals surface area contributed by atoms with E-state index in [0.29, 0.717) is 28.6 Å². The molecule has 0 fully saturated rings. The van der Waals surface area contributed by atoms with Crippen LogP contribution in [-0.2, 0) is 10.5 Å². The van der Waals surface area contributed by atoms with Crippen molar-refractivity contribution in [1.29, 1.82) is 0 Å². The van der Waals surface area contributed by atoms with Crippen LogP contribution in [-0.4, -0.2) is 30.6 Å². The van der Waals surface area contributed by atoms with Gasteiger partial charge in [-0.2, -0.15) is 11.8 Å². The molecule has 7 heteroatoms. The summed E-state index contributed by atoms with van der Waals surface area (Å²) in [5.74, 6) is 1.65. The molecule has 0 bridgehead atoms. The number of thioether (sulfide) groups is 2. The summed E-state index contributed by atoms with van der Waals surface area (Å²) in [6.07, 6.45) is 0. The van der Waals surface area contributed by atoms with Crippen LogP contribution in [0.2, 0.25) is 5.02 Å². The largest absolute Gasteiger partial charge is 0.497 e. The normalized spacial score (nSPS) is 11.8. The van der Waals surface area contributed by atoms with Gasteiger partial charge in [0.1, 0.15) is 11.6 Å². The van der Waals surface area contributed by atoms with Gasteiger partial charge < -0.3 is 10.1 Å². The molecule has 0 radical (unpaired) electrons. The minimum Gasteiger partial charge on any atom is -0.497 e. The lowest BCUT2D eigenvalue weighted by Gasteiger charge is -2.12. The SMILES string of the molecule is COc1ccc(S[C@H](C)C(=O)NCCSCc2c(F)cccc2Cl)cc1. The molecule has 140 valence electrons. The highest BCUT2D eigenvalue weighted by Crippen LogP contribution is 2.26. The Labute approximate surface area is 167 Å². The van der Waals surface area contributed by atoms with Crippen molar-refractivity contribution in [2.45, 2.75) is 22.8 Å². The number of halogens is 2. The smallest absolute Gasteiger partial charge is 0.233 e. The molecule has 1 atom stereocenters. The predicted molar refractivity (Wildman–Crippen MR) is 109 cm³/mol. The van der Waals surface area contributed by atoms with Crippen LogP contribution in [0.1, 0.15) is 12.5 Å². The van der Waals surface area contributed by atoms with Gasteiger partial charge in [0.25, 0.3) is 0 Å². The Hall–Kier alpha value is -1.37. The molecule has 0 spiro atoms. The molecule has 1 amide bonds. The molecule has 2 rings (SSSR count). The number of amides is 1. The standard InChI is InChI=1S/C19H21ClFNO2S2/c1-13(26-15-8-6-14(24-2)7-9-15)19(23)22-10-11-25-12-16-17(20)4-3-5-18(16)21/h3-9,13H,10-12H2,1-2H3,(H,22,23)/t13-/m1/s1. The van der Waals surface area contributed by atoms with Crippen LogP contribution in [0.4, 0.5) is 4.39 Å². The molecule has 3 nitrogen and oxygen atoms in total. The second-order valence-corrected chi connectivity index (χ2v) is 8.41. The van der Waals surface area contributed by atoms with E-state index in [1.165, 1.54) is 29.6 Å². The van der Waals surface area contributed by atoms with Gasteiger partial charge in [0.2, 0.25) is 5.91 Å². The van der Waals surface area contributed by atoms with Crippen LogP contribution in [0.5, 0.6) is 5.75 Å². The number of nitrogens with one attached hydrogen (secondary N) is 1. The maximum atomic E-state index is 13.7. The van der Waals surface area contributed by atoms with Crippen molar-refractivity contribution in [3.63, 3.8) is 0 Å². The maximum Gasteiger partial charge on any atom is 0.233 e. The molecule has 26 heavy (non-hydrogen) atoms. The molecule has 0 aliphatic heterocycles. The third kappa shape index (κ3) is 6.41. The van der Waals surface area contributed by atoms with Crippen LogP contribution < -0.4 is 10.1 Å². The van der Waals surface area contributed by atoms with Gasteiger partial charge in [-0.15, -0.1) is 11.8 Å². The highest BCUT2D eigenvalue weighted by molar-refractivity contribution is 8.00. The first kappa shape index (κ1) is 20.9. The third-order valence-corrected chi connectivity index (χ3v) is 6.05. The van der Waals surface area contributed by atoms with Crippen molar-refractivity contribution in [3.05, 3.63) is 58.9 Å². The summed E-state index contributed by atoms with van der Waals surface area (Å²) in [7, 11) is 1.62. The number of carbonyl (C=O) groups excluding carboxylic acids is 1. The van der Waals surface area contributed by atoms with Gasteiger partial charge in [0.15, 0.2) is 0 Å². The molecular weight excluding hydrogens is 393 g/mol.